The van der Waals surface area contributed by atoms with Gasteiger partial charge in [0.1, 0.15) is 5.60 Å². The molecule has 0 spiro atoms. The Balaban J connectivity index is 0.00000385. The van der Waals surface area contributed by atoms with Gasteiger partial charge in [0, 0.05) is 8.07 Å². The summed E-state index contributed by atoms with van der Waals surface area (Å²) < 4.78 is 5.72. The van der Waals surface area contributed by atoms with Crippen molar-refractivity contribution in [2.24, 2.45) is 4.99 Å². The molecule has 0 aliphatic rings. The fraction of sp³-hybridized carbons (Fsp3) is 0.250. The van der Waals surface area contributed by atoms with E-state index in [1.165, 1.54) is 5.19 Å². The van der Waals surface area contributed by atoms with Crippen LogP contribution in [0.4, 0.5) is 4.79 Å². The Morgan fingerprint density at radius 3 is 2.24 bits per heavy atom. The van der Waals surface area contributed by atoms with Crippen LogP contribution in [0.15, 0.2) is 96.5 Å². The normalized spacial score (nSPS) is 11.3. The van der Waals surface area contributed by atoms with Gasteiger partial charge in [0.25, 0.3) is 0 Å². The topological polar surface area (TPSA) is 38.7 Å². The van der Waals surface area contributed by atoms with Crippen molar-refractivity contribution in [3.63, 3.8) is 0 Å². The molecule has 0 aromatic heterocycles. The SMILES string of the molecule is C=CCC[Si](C)(C)c1ccc(=NC(=O)OC(C)(C)c2ccc(-c3ccccc3)cc2)[cH-]c1.[Li+]. The molecule has 166 valence electrons. The Labute approximate surface area is 210 Å². The third-order valence-electron chi connectivity index (χ3n) is 5.87. The first kappa shape index (κ1) is 26.7. The van der Waals surface area contributed by atoms with E-state index in [4.69, 9.17) is 4.74 Å². The van der Waals surface area contributed by atoms with Crippen LogP contribution in [0.2, 0.25) is 19.1 Å². The van der Waals surface area contributed by atoms with Crippen molar-refractivity contribution < 1.29 is 28.4 Å². The molecule has 33 heavy (non-hydrogen) atoms. The van der Waals surface area contributed by atoms with E-state index in [2.05, 4.69) is 48.9 Å². The van der Waals surface area contributed by atoms with Gasteiger partial charge in [-0.1, -0.05) is 79.8 Å². The van der Waals surface area contributed by atoms with Crippen LogP contribution in [0, 0.1) is 0 Å². The number of amides is 1. The van der Waals surface area contributed by atoms with Crippen molar-refractivity contribution in [2.75, 3.05) is 0 Å². The van der Waals surface area contributed by atoms with Crippen molar-refractivity contribution >= 4 is 19.4 Å². The quantitative estimate of drug-likeness (QED) is 0.314. The molecule has 0 fully saturated rings. The van der Waals surface area contributed by atoms with Gasteiger partial charge in [-0.25, -0.2) is 9.79 Å². The van der Waals surface area contributed by atoms with Gasteiger partial charge in [0.2, 0.25) is 0 Å². The van der Waals surface area contributed by atoms with Crippen molar-refractivity contribution in [1.29, 1.82) is 0 Å². The molecule has 3 rings (SSSR count). The predicted octanol–water partition coefficient (Wildman–Crippen LogP) is 3.54. The van der Waals surface area contributed by atoms with Gasteiger partial charge in [-0.15, -0.1) is 18.7 Å². The summed E-state index contributed by atoms with van der Waals surface area (Å²) in [5, 5.41) is 1.97. The predicted molar refractivity (Wildman–Crippen MR) is 136 cm³/mol. The van der Waals surface area contributed by atoms with E-state index in [-0.39, 0.29) is 18.9 Å². The zero-order valence-corrected chi connectivity index (χ0v) is 21.5. The van der Waals surface area contributed by atoms with Crippen molar-refractivity contribution in [3.05, 3.63) is 102 Å². The maximum absolute atomic E-state index is 12.5. The maximum atomic E-state index is 12.5. The van der Waals surface area contributed by atoms with Gasteiger partial charge in [0.15, 0.2) is 0 Å². The van der Waals surface area contributed by atoms with Crippen LogP contribution in [-0.4, -0.2) is 14.2 Å². The number of allylic oxidation sites excluding steroid dienone is 1. The third-order valence-corrected chi connectivity index (χ3v) is 9.31. The van der Waals surface area contributed by atoms with Gasteiger partial charge in [0.05, 0.1) is 0 Å². The molecule has 0 bridgehead atoms. The number of rotatable bonds is 7. The van der Waals surface area contributed by atoms with Gasteiger partial charge in [-0.2, -0.15) is 17.3 Å². The average molecular weight is 450 g/mol. The van der Waals surface area contributed by atoms with E-state index in [0.717, 1.165) is 29.2 Å². The molecular weight excluding hydrogens is 417 g/mol. The summed E-state index contributed by atoms with van der Waals surface area (Å²) in [6.07, 6.45) is 2.42. The molecule has 1 amide bonds. The van der Waals surface area contributed by atoms with Crippen LogP contribution in [0.25, 0.3) is 11.1 Å². The molecule has 0 unspecified atom stereocenters. The second-order valence-electron chi connectivity index (χ2n) is 9.19. The number of nitrogens with zero attached hydrogens (tertiary/aromatic N) is 1. The van der Waals surface area contributed by atoms with Gasteiger partial charge in [-0.3, -0.25) is 0 Å². The van der Waals surface area contributed by atoms with Crippen molar-refractivity contribution in [3.8, 4) is 11.1 Å². The molecular formula is C28H32LiNO2Si. The second-order valence-corrected chi connectivity index (χ2v) is 14.0. The number of hydrogen-bond acceptors (Lipinski definition) is 2. The van der Waals surface area contributed by atoms with Crippen LogP contribution >= 0.6 is 0 Å². The summed E-state index contributed by atoms with van der Waals surface area (Å²) in [5.74, 6) is 0. The molecule has 0 aliphatic heterocycles. The van der Waals surface area contributed by atoms with Crippen LogP contribution in [0.1, 0.15) is 25.8 Å². The Morgan fingerprint density at radius 1 is 1.03 bits per heavy atom. The fourth-order valence-corrected chi connectivity index (χ4v) is 5.98. The molecule has 5 heteroatoms. The van der Waals surface area contributed by atoms with E-state index in [0.29, 0.717) is 5.36 Å². The van der Waals surface area contributed by atoms with E-state index >= 15 is 0 Å². The number of benzene rings is 3. The van der Waals surface area contributed by atoms with Crippen LogP contribution in [0.3, 0.4) is 0 Å². The summed E-state index contributed by atoms with van der Waals surface area (Å²) in [5.41, 5.74) is 2.42. The van der Waals surface area contributed by atoms with Gasteiger partial charge in [-0.05, 0) is 42.3 Å². The smallest absolute Gasteiger partial charge is 0.437 e. The van der Waals surface area contributed by atoms with E-state index in [1.807, 2.05) is 74.5 Å². The number of carbonyl (C=O) groups excluding carboxylic acids is 1. The molecule has 0 atom stereocenters. The minimum atomic E-state index is -1.50. The van der Waals surface area contributed by atoms with E-state index in [1.54, 1.807) is 0 Å². The Bertz CT molecular complexity index is 1110. The summed E-state index contributed by atoms with van der Waals surface area (Å²) in [4.78, 5) is 16.7. The van der Waals surface area contributed by atoms with Crippen LogP contribution < -0.4 is 29.4 Å². The minimum Gasteiger partial charge on any atom is -0.437 e. The summed E-state index contributed by atoms with van der Waals surface area (Å²) >= 11 is 0. The fourth-order valence-electron chi connectivity index (χ4n) is 3.69. The first-order valence-electron chi connectivity index (χ1n) is 11.0. The molecule has 0 saturated heterocycles. The molecule has 0 radical (unpaired) electrons. The second kappa shape index (κ2) is 11.6. The zero-order valence-electron chi connectivity index (χ0n) is 20.5. The monoisotopic (exact) mass is 449 g/mol. The average Bonchev–Trinajstić information content (AvgIpc) is 2.78. The van der Waals surface area contributed by atoms with Gasteiger partial charge >= 0.3 is 25.0 Å². The standard InChI is InChI=1S/C28H32NO2Si.Li/c1-6-7-21-32(4,5)26-19-17-25(18-20-26)29-27(30)31-28(2,3)24-15-13-23(14-16-24)22-11-9-8-10-12-22;/h6,8-20H,1,7,21H2,2-5H3;/q-1;+1. The van der Waals surface area contributed by atoms with Gasteiger partial charge < -0.3 is 4.74 Å². The largest absolute Gasteiger partial charge is 1.00 e. The third kappa shape index (κ3) is 7.23. The van der Waals surface area contributed by atoms with Crippen molar-refractivity contribution in [1.82, 2.24) is 0 Å². The zero-order chi connectivity index (χ0) is 23.2. The summed E-state index contributed by atoms with van der Waals surface area (Å²) in [7, 11) is -1.50. The first-order valence-corrected chi connectivity index (χ1v) is 14.2. The Hall–Kier alpha value is -2.52. The molecule has 3 nitrogen and oxygen atoms in total. The number of carbonyl (C=O) groups is 1. The molecule has 0 aliphatic carbocycles. The number of hydrogen-bond donors (Lipinski definition) is 0. The molecule has 3 aromatic rings. The van der Waals surface area contributed by atoms with Crippen molar-refractivity contribution in [2.45, 2.75) is 45.0 Å². The van der Waals surface area contributed by atoms with E-state index < -0.39 is 19.8 Å². The van der Waals surface area contributed by atoms with Crippen LogP contribution in [-0.2, 0) is 10.3 Å². The summed E-state index contributed by atoms with van der Waals surface area (Å²) in [6, 6.07) is 27.5. The molecule has 0 heterocycles. The maximum Gasteiger partial charge on any atom is 1.00 e. The summed E-state index contributed by atoms with van der Waals surface area (Å²) in [6.45, 7) is 12.3. The Kier molecular flexibility index (Phi) is 9.37. The molecule has 3 aromatic carbocycles. The molecule has 0 N–H and O–H groups in total. The molecule has 0 saturated carbocycles. The number of ether oxygens (including phenoxy) is 1. The first-order chi connectivity index (χ1) is 15.2. The minimum absolute atomic E-state index is 0. The van der Waals surface area contributed by atoms with Crippen LogP contribution in [0.5, 0.6) is 0 Å². The van der Waals surface area contributed by atoms with E-state index in [9.17, 15) is 4.79 Å². The Morgan fingerprint density at radius 2 is 1.67 bits per heavy atom.